The summed E-state index contributed by atoms with van der Waals surface area (Å²) in [6.07, 6.45) is 1.13. The van der Waals surface area contributed by atoms with Crippen LogP contribution in [0.4, 0.5) is 8.78 Å². The fourth-order valence-electron chi connectivity index (χ4n) is 2.70. The Morgan fingerprint density at radius 2 is 1.89 bits per heavy atom. The predicted molar refractivity (Wildman–Crippen MR) is 98.2 cm³/mol. The predicted octanol–water partition coefficient (Wildman–Crippen LogP) is 2.80. The number of nitrogens with zero attached hydrogens (tertiary/aromatic N) is 2. The maximum atomic E-state index is 14.0. The van der Waals surface area contributed by atoms with Gasteiger partial charge in [0.1, 0.15) is 22.9 Å². The Bertz CT molecular complexity index is 1010. The first-order valence-corrected chi connectivity index (χ1v) is 8.49. The van der Waals surface area contributed by atoms with Crippen molar-refractivity contribution in [2.24, 2.45) is 0 Å². The summed E-state index contributed by atoms with van der Waals surface area (Å²) >= 11 is 0. The van der Waals surface area contributed by atoms with Gasteiger partial charge in [0.15, 0.2) is 11.4 Å². The van der Waals surface area contributed by atoms with Crippen LogP contribution >= 0.6 is 0 Å². The van der Waals surface area contributed by atoms with Gasteiger partial charge in [-0.05, 0) is 49.2 Å². The summed E-state index contributed by atoms with van der Waals surface area (Å²) in [7, 11) is 0. The largest absolute Gasteiger partial charge is 0.504 e. The number of benzene rings is 2. The Balaban J connectivity index is 1.77. The van der Waals surface area contributed by atoms with Crippen LogP contribution in [0, 0.1) is 18.6 Å². The Hall–Kier alpha value is -3.26. The molecule has 8 heteroatoms. The third-order valence-corrected chi connectivity index (χ3v) is 4.32. The molecule has 0 saturated carbocycles. The Morgan fingerprint density at radius 3 is 2.57 bits per heavy atom. The summed E-state index contributed by atoms with van der Waals surface area (Å²) in [5.41, 5.74) is -0.494. The van der Waals surface area contributed by atoms with Crippen molar-refractivity contribution in [3.8, 4) is 11.4 Å². The van der Waals surface area contributed by atoms with Crippen LogP contribution in [-0.2, 0) is 5.60 Å². The molecule has 1 atom stereocenters. The van der Waals surface area contributed by atoms with Crippen LogP contribution in [0.1, 0.15) is 28.5 Å². The van der Waals surface area contributed by atoms with Gasteiger partial charge in [-0.2, -0.15) is 5.10 Å². The van der Waals surface area contributed by atoms with Crippen molar-refractivity contribution >= 4 is 5.91 Å². The van der Waals surface area contributed by atoms with Crippen LogP contribution < -0.4 is 5.32 Å². The number of hydrogen-bond donors (Lipinski definition) is 3. The van der Waals surface area contributed by atoms with Gasteiger partial charge in [0.2, 0.25) is 0 Å². The molecule has 1 aromatic heterocycles. The zero-order valence-electron chi connectivity index (χ0n) is 15.3. The van der Waals surface area contributed by atoms with Crippen molar-refractivity contribution in [2.75, 3.05) is 6.54 Å². The van der Waals surface area contributed by atoms with Crippen LogP contribution in [0.3, 0.4) is 0 Å². The van der Waals surface area contributed by atoms with Gasteiger partial charge in [0.05, 0.1) is 12.7 Å². The van der Waals surface area contributed by atoms with Crippen molar-refractivity contribution in [1.82, 2.24) is 15.1 Å². The van der Waals surface area contributed by atoms with Crippen molar-refractivity contribution < 1.29 is 23.8 Å². The normalized spacial score (nSPS) is 13.2. The highest BCUT2D eigenvalue weighted by molar-refractivity contribution is 5.94. The molecule has 1 amide bonds. The minimum absolute atomic E-state index is 0.0904. The Labute approximate surface area is 160 Å². The average molecular weight is 387 g/mol. The molecule has 0 spiro atoms. The number of hydrogen-bond acceptors (Lipinski definition) is 4. The summed E-state index contributed by atoms with van der Waals surface area (Å²) in [4.78, 5) is 12.4. The fourth-order valence-corrected chi connectivity index (χ4v) is 2.70. The SMILES string of the molecule is Cc1ccc(F)c(-n2cc(O)c(C(=O)NC[C@@](C)(O)c3ccc(F)cc3)n2)c1. The highest BCUT2D eigenvalue weighted by atomic mass is 19.1. The highest BCUT2D eigenvalue weighted by Crippen LogP contribution is 2.23. The number of aryl methyl sites for hydroxylation is 1. The van der Waals surface area contributed by atoms with Gasteiger partial charge >= 0.3 is 0 Å². The number of amides is 1. The summed E-state index contributed by atoms with van der Waals surface area (Å²) in [6, 6.07) is 9.62. The van der Waals surface area contributed by atoms with Crippen LogP contribution in [0.5, 0.6) is 5.75 Å². The lowest BCUT2D eigenvalue weighted by Gasteiger charge is -2.24. The van der Waals surface area contributed by atoms with E-state index in [4.69, 9.17) is 0 Å². The molecular weight excluding hydrogens is 368 g/mol. The van der Waals surface area contributed by atoms with Crippen molar-refractivity contribution in [3.05, 3.63) is 77.1 Å². The molecule has 3 aromatic rings. The first kappa shape index (κ1) is 19.5. The van der Waals surface area contributed by atoms with Crippen molar-refractivity contribution in [1.29, 1.82) is 0 Å². The molecule has 0 aliphatic carbocycles. The van der Waals surface area contributed by atoms with Gasteiger partial charge < -0.3 is 15.5 Å². The molecule has 0 fully saturated rings. The number of aromatic nitrogens is 2. The van der Waals surface area contributed by atoms with Crippen LogP contribution in [-0.4, -0.2) is 32.4 Å². The lowest BCUT2D eigenvalue weighted by atomic mass is 9.96. The first-order chi connectivity index (χ1) is 13.2. The van der Waals surface area contributed by atoms with Crippen LogP contribution in [0.2, 0.25) is 0 Å². The van der Waals surface area contributed by atoms with E-state index in [2.05, 4.69) is 10.4 Å². The zero-order chi connectivity index (χ0) is 20.5. The quantitative estimate of drug-likeness (QED) is 0.628. The van der Waals surface area contributed by atoms with Gasteiger partial charge in [-0.25, -0.2) is 13.5 Å². The Morgan fingerprint density at radius 1 is 1.21 bits per heavy atom. The molecule has 1 heterocycles. The molecule has 0 saturated heterocycles. The number of halogens is 2. The van der Waals surface area contributed by atoms with Gasteiger partial charge in [-0.3, -0.25) is 4.79 Å². The number of carbonyl (C=O) groups is 1. The molecule has 28 heavy (non-hydrogen) atoms. The smallest absolute Gasteiger partial charge is 0.275 e. The summed E-state index contributed by atoms with van der Waals surface area (Å²) < 4.78 is 28.1. The fraction of sp³-hybridized carbons (Fsp3) is 0.200. The minimum Gasteiger partial charge on any atom is -0.504 e. The number of aliphatic hydroxyl groups is 1. The van der Waals surface area contributed by atoms with E-state index in [0.717, 1.165) is 16.4 Å². The number of rotatable bonds is 5. The van der Waals surface area contributed by atoms with E-state index in [0.29, 0.717) is 5.56 Å². The van der Waals surface area contributed by atoms with Crippen molar-refractivity contribution in [3.63, 3.8) is 0 Å². The second kappa shape index (κ2) is 7.40. The van der Waals surface area contributed by atoms with E-state index in [1.165, 1.54) is 43.3 Å². The van der Waals surface area contributed by atoms with E-state index < -0.39 is 28.9 Å². The van der Waals surface area contributed by atoms with Crippen molar-refractivity contribution in [2.45, 2.75) is 19.4 Å². The monoisotopic (exact) mass is 387 g/mol. The van der Waals surface area contributed by atoms with E-state index in [-0.39, 0.29) is 17.9 Å². The number of carbonyl (C=O) groups excluding carboxylic acids is 1. The topological polar surface area (TPSA) is 87.4 Å². The molecule has 6 nitrogen and oxygen atoms in total. The molecule has 0 radical (unpaired) electrons. The maximum absolute atomic E-state index is 14.0. The van der Waals surface area contributed by atoms with Gasteiger partial charge in [0.25, 0.3) is 5.91 Å². The standard InChI is InChI=1S/C20H19F2N3O3/c1-12-3-8-15(22)16(9-12)25-10-17(26)18(24-25)19(27)23-11-20(2,28)13-4-6-14(21)7-5-13/h3-10,26,28H,11H2,1-2H3,(H,23,27)/t20-/m1/s1. The number of nitrogens with one attached hydrogen (secondary N) is 1. The van der Waals surface area contributed by atoms with Gasteiger partial charge in [-0.15, -0.1) is 0 Å². The average Bonchev–Trinajstić information content (AvgIpc) is 3.04. The van der Waals surface area contributed by atoms with E-state index in [1.807, 2.05) is 0 Å². The second-order valence-electron chi connectivity index (χ2n) is 6.73. The molecular formula is C20H19F2N3O3. The van der Waals surface area contributed by atoms with E-state index >= 15 is 0 Å². The molecule has 0 aliphatic rings. The third kappa shape index (κ3) is 4.01. The summed E-state index contributed by atoms with van der Waals surface area (Å²) in [6.45, 7) is 3.03. The highest BCUT2D eigenvalue weighted by Gasteiger charge is 2.26. The van der Waals surface area contributed by atoms with Gasteiger partial charge in [0, 0.05) is 0 Å². The molecule has 3 N–H and O–H groups in total. The molecule has 0 bridgehead atoms. The van der Waals surface area contributed by atoms with Gasteiger partial charge in [-0.1, -0.05) is 18.2 Å². The van der Waals surface area contributed by atoms with E-state index in [9.17, 15) is 23.8 Å². The molecule has 3 rings (SSSR count). The first-order valence-electron chi connectivity index (χ1n) is 8.49. The summed E-state index contributed by atoms with van der Waals surface area (Å²) in [5, 5.41) is 27.0. The Kier molecular flexibility index (Phi) is 5.15. The van der Waals surface area contributed by atoms with E-state index in [1.54, 1.807) is 13.0 Å². The lowest BCUT2D eigenvalue weighted by molar-refractivity contribution is 0.0523. The molecule has 0 unspecified atom stereocenters. The second-order valence-corrected chi connectivity index (χ2v) is 6.73. The molecule has 146 valence electrons. The van der Waals surface area contributed by atoms with Crippen LogP contribution in [0.15, 0.2) is 48.7 Å². The number of aromatic hydroxyl groups is 1. The summed E-state index contributed by atoms with van der Waals surface area (Å²) in [5.74, 6) is -2.17. The maximum Gasteiger partial charge on any atom is 0.275 e. The lowest BCUT2D eigenvalue weighted by Crippen LogP contribution is -2.38. The zero-order valence-corrected chi connectivity index (χ0v) is 15.3. The minimum atomic E-state index is -1.47. The molecule has 2 aromatic carbocycles. The van der Waals surface area contributed by atoms with Crippen LogP contribution in [0.25, 0.3) is 5.69 Å². The molecule has 0 aliphatic heterocycles. The third-order valence-electron chi connectivity index (χ3n) is 4.32.